The summed E-state index contributed by atoms with van der Waals surface area (Å²) in [7, 11) is 0. The number of rotatable bonds is 3. The van der Waals surface area contributed by atoms with Crippen LogP contribution in [0, 0.1) is 5.82 Å². The second-order valence-electron chi connectivity index (χ2n) is 6.09. The van der Waals surface area contributed by atoms with E-state index in [1.54, 1.807) is 36.5 Å². The molecular weight excluding hydrogens is 369 g/mol. The largest absolute Gasteiger partial charge is 0.458 e. The molecule has 0 amide bonds. The fourth-order valence-corrected chi connectivity index (χ4v) is 3.30. The van der Waals surface area contributed by atoms with Crippen LogP contribution in [-0.4, -0.2) is 21.2 Å². The lowest BCUT2D eigenvalue weighted by Gasteiger charge is -2.15. The smallest absolute Gasteiger partial charge is 0.303 e. The molecule has 136 valence electrons. The maximum atomic E-state index is 14.5. The highest BCUT2D eigenvalue weighted by molar-refractivity contribution is 6.31. The lowest BCUT2D eigenvalue weighted by molar-refractivity contribution is -0.142. The first-order valence-corrected chi connectivity index (χ1v) is 8.71. The Labute approximate surface area is 160 Å². The second-order valence-corrected chi connectivity index (χ2v) is 6.52. The molecule has 0 N–H and O–H groups in total. The third-order valence-electron chi connectivity index (χ3n) is 4.30. The van der Waals surface area contributed by atoms with Crippen LogP contribution in [-0.2, 0) is 22.7 Å². The summed E-state index contributed by atoms with van der Waals surface area (Å²) in [6.07, 6.45) is 1.69. The van der Waals surface area contributed by atoms with E-state index < -0.39 is 0 Å². The minimum absolute atomic E-state index is 0.0342. The number of ether oxygens (including phenoxy) is 1. The van der Waals surface area contributed by atoms with Gasteiger partial charge in [0.1, 0.15) is 12.4 Å². The van der Waals surface area contributed by atoms with E-state index >= 15 is 0 Å². The first-order valence-electron chi connectivity index (χ1n) is 8.33. The average molecular weight is 384 g/mol. The Morgan fingerprint density at radius 1 is 1.26 bits per heavy atom. The maximum Gasteiger partial charge on any atom is 0.303 e. The summed E-state index contributed by atoms with van der Waals surface area (Å²) in [4.78, 5) is 20.2. The summed E-state index contributed by atoms with van der Waals surface area (Å²) < 4.78 is 21.5. The lowest BCUT2D eigenvalue weighted by Crippen LogP contribution is -2.12. The van der Waals surface area contributed by atoms with E-state index in [4.69, 9.17) is 16.3 Å². The number of aromatic nitrogens is 2. The summed E-state index contributed by atoms with van der Waals surface area (Å²) in [5.41, 5.74) is 3.18. The molecule has 0 bridgehead atoms. The highest BCUT2D eigenvalue weighted by Gasteiger charge is 2.23. The molecule has 5 nitrogen and oxygen atoms in total. The molecule has 27 heavy (non-hydrogen) atoms. The molecule has 0 spiro atoms. The quantitative estimate of drug-likeness (QED) is 0.640. The standard InChI is InChI=1S/C20H15ClFN3O2/c1-12(26)27-11-19-23-9-14-10-24-20(15-4-2-3-5-17(15)22)16-8-13(21)6-7-18(16)25(14)19/h2-9H,10-11H2,1H3. The SMILES string of the molecule is CC(=O)OCc1ncc2n1-c1ccc(Cl)cc1C(c1ccccc1F)=NC2. The van der Waals surface area contributed by atoms with Crippen molar-refractivity contribution in [1.82, 2.24) is 9.55 Å². The number of aliphatic imine (C=N–C) groups is 1. The Balaban J connectivity index is 1.90. The molecule has 1 aromatic heterocycles. The van der Waals surface area contributed by atoms with E-state index in [1.807, 2.05) is 10.6 Å². The number of carbonyl (C=O) groups excluding carboxylic acids is 1. The molecule has 2 aromatic carbocycles. The summed E-state index contributed by atoms with van der Waals surface area (Å²) >= 11 is 6.22. The molecule has 4 rings (SSSR count). The van der Waals surface area contributed by atoms with E-state index in [0.717, 1.165) is 11.4 Å². The number of nitrogens with zero attached hydrogens (tertiary/aromatic N) is 3. The van der Waals surface area contributed by atoms with Crippen molar-refractivity contribution in [3.8, 4) is 5.69 Å². The van der Waals surface area contributed by atoms with Crippen LogP contribution in [0.25, 0.3) is 5.69 Å². The van der Waals surface area contributed by atoms with Crippen LogP contribution >= 0.6 is 11.6 Å². The Morgan fingerprint density at radius 3 is 2.85 bits per heavy atom. The van der Waals surface area contributed by atoms with E-state index in [9.17, 15) is 9.18 Å². The van der Waals surface area contributed by atoms with Gasteiger partial charge in [-0.05, 0) is 30.3 Å². The van der Waals surface area contributed by atoms with E-state index in [0.29, 0.717) is 34.2 Å². The predicted molar refractivity (Wildman–Crippen MR) is 99.8 cm³/mol. The van der Waals surface area contributed by atoms with Crippen LogP contribution in [0.15, 0.2) is 53.7 Å². The number of halogens is 2. The van der Waals surface area contributed by atoms with E-state index in [2.05, 4.69) is 9.98 Å². The molecule has 1 aliphatic rings. The summed E-state index contributed by atoms with van der Waals surface area (Å²) in [5.74, 6) is -0.179. The molecule has 0 atom stereocenters. The molecule has 0 unspecified atom stereocenters. The van der Waals surface area contributed by atoms with E-state index in [1.165, 1.54) is 13.0 Å². The van der Waals surface area contributed by atoms with Gasteiger partial charge in [0.25, 0.3) is 0 Å². The molecule has 3 aromatic rings. The normalized spacial score (nSPS) is 12.6. The van der Waals surface area contributed by atoms with Crippen molar-refractivity contribution in [2.24, 2.45) is 4.99 Å². The van der Waals surface area contributed by atoms with Gasteiger partial charge in [0.15, 0.2) is 5.82 Å². The maximum absolute atomic E-state index is 14.5. The van der Waals surface area contributed by atoms with Gasteiger partial charge in [-0.3, -0.25) is 14.4 Å². The van der Waals surface area contributed by atoms with Crippen LogP contribution in [0.5, 0.6) is 0 Å². The Kier molecular flexibility index (Phi) is 4.49. The van der Waals surface area contributed by atoms with Crippen LogP contribution in [0.4, 0.5) is 4.39 Å². The zero-order chi connectivity index (χ0) is 19.0. The number of carbonyl (C=O) groups is 1. The first-order chi connectivity index (χ1) is 13.0. The fraction of sp³-hybridized carbons (Fsp3) is 0.150. The Bertz CT molecular complexity index is 1070. The van der Waals surface area contributed by atoms with Crippen LogP contribution in [0.3, 0.4) is 0 Å². The summed E-state index contributed by atoms with van der Waals surface area (Å²) in [5, 5.41) is 0.517. The van der Waals surface area contributed by atoms with Crippen molar-refractivity contribution >= 4 is 23.3 Å². The third kappa shape index (κ3) is 3.24. The molecule has 0 saturated heterocycles. The molecule has 0 radical (unpaired) electrons. The number of fused-ring (bicyclic) bond motifs is 3. The third-order valence-corrected chi connectivity index (χ3v) is 4.53. The molecule has 1 aliphatic heterocycles. The minimum atomic E-state index is -0.388. The molecule has 0 aliphatic carbocycles. The van der Waals surface area contributed by atoms with Gasteiger partial charge in [-0.2, -0.15) is 0 Å². The molecule has 0 saturated carbocycles. The highest BCUT2D eigenvalue weighted by Crippen LogP contribution is 2.29. The fourth-order valence-electron chi connectivity index (χ4n) is 3.13. The number of benzene rings is 2. The Morgan fingerprint density at radius 2 is 2.07 bits per heavy atom. The summed E-state index contributed by atoms with van der Waals surface area (Å²) in [6, 6.07) is 11.8. The number of imidazole rings is 1. The number of esters is 1. The zero-order valence-electron chi connectivity index (χ0n) is 14.4. The van der Waals surface area contributed by atoms with Crippen LogP contribution in [0.2, 0.25) is 5.02 Å². The number of hydrogen-bond acceptors (Lipinski definition) is 4. The van der Waals surface area contributed by atoms with E-state index in [-0.39, 0.29) is 18.4 Å². The van der Waals surface area contributed by atoms with Crippen molar-refractivity contribution in [3.05, 3.63) is 82.1 Å². The topological polar surface area (TPSA) is 56.5 Å². The van der Waals surface area contributed by atoms with Crippen molar-refractivity contribution in [2.75, 3.05) is 0 Å². The number of hydrogen-bond donors (Lipinski definition) is 0. The van der Waals surface area contributed by atoms with Crippen molar-refractivity contribution in [1.29, 1.82) is 0 Å². The van der Waals surface area contributed by atoms with Crippen molar-refractivity contribution in [2.45, 2.75) is 20.1 Å². The van der Waals surface area contributed by atoms with Gasteiger partial charge < -0.3 is 4.74 Å². The minimum Gasteiger partial charge on any atom is -0.458 e. The van der Waals surface area contributed by atoms with Gasteiger partial charge >= 0.3 is 5.97 Å². The van der Waals surface area contributed by atoms with Crippen molar-refractivity contribution in [3.63, 3.8) is 0 Å². The second kappa shape index (κ2) is 6.96. The zero-order valence-corrected chi connectivity index (χ0v) is 15.2. The summed E-state index contributed by atoms with van der Waals surface area (Å²) in [6.45, 7) is 1.69. The average Bonchev–Trinajstić information content (AvgIpc) is 2.97. The van der Waals surface area contributed by atoms with Gasteiger partial charge in [0.2, 0.25) is 0 Å². The first kappa shape index (κ1) is 17.4. The molecule has 0 fully saturated rings. The Hall–Kier alpha value is -2.99. The highest BCUT2D eigenvalue weighted by atomic mass is 35.5. The lowest BCUT2D eigenvalue weighted by atomic mass is 10.00. The molecule has 7 heteroatoms. The van der Waals surface area contributed by atoms with Gasteiger partial charge in [-0.1, -0.05) is 23.7 Å². The monoisotopic (exact) mass is 383 g/mol. The van der Waals surface area contributed by atoms with Gasteiger partial charge in [0.05, 0.1) is 29.8 Å². The van der Waals surface area contributed by atoms with Gasteiger partial charge in [-0.25, -0.2) is 9.37 Å². The predicted octanol–water partition coefficient (Wildman–Crippen LogP) is 4.08. The van der Waals surface area contributed by atoms with Crippen molar-refractivity contribution < 1.29 is 13.9 Å². The van der Waals surface area contributed by atoms with Gasteiger partial charge in [0, 0.05) is 23.1 Å². The van der Waals surface area contributed by atoms with Gasteiger partial charge in [-0.15, -0.1) is 0 Å². The molecule has 2 heterocycles. The van der Waals surface area contributed by atoms with Crippen LogP contribution in [0.1, 0.15) is 29.6 Å². The van der Waals surface area contributed by atoms with Crippen LogP contribution < -0.4 is 0 Å². The molecular formula is C20H15ClFN3O2.